The smallest absolute Gasteiger partial charge is 0.494 e. The maximum atomic E-state index is 12.4. The lowest BCUT2D eigenvalue weighted by molar-refractivity contribution is -0.274. The Bertz CT molecular complexity index is 1390. The molecular weight excluding hydrogens is 489 g/mol. The van der Waals surface area contributed by atoms with Crippen LogP contribution in [0.15, 0.2) is 61.2 Å². The Morgan fingerprint density at radius 2 is 1.92 bits per heavy atom. The summed E-state index contributed by atoms with van der Waals surface area (Å²) in [6.45, 7) is 3.32. The lowest BCUT2D eigenvalue weighted by Crippen LogP contribution is -2.33. The summed E-state index contributed by atoms with van der Waals surface area (Å²) < 4.78 is 54.4. The number of methoxy groups -OCH3 is 1. The molecule has 1 aliphatic heterocycles. The standard InChI is InChI=1S/C25H23F3N6O3/c1-16-13-34(15-30-16)20-8-5-18(11-21(20)35-2)31-24-29-12-22-23(32-24)33(9-10-36-22)14-17-3-6-19(7-4-17)37-25(26,27)28/h3-8,11-13,15H,9-10,14H2,1-2H3,(H,29,31,32). The van der Waals surface area contributed by atoms with Crippen LogP contribution in [-0.2, 0) is 6.54 Å². The Morgan fingerprint density at radius 1 is 1.11 bits per heavy atom. The molecule has 0 atom stereocenters. The summed E-state index contributed by atoms with van der Waals surface area (Å²) in [5.74, 6) is 1.84. The van der Waals surface area contributed by atoms with Gasteiger partial charge in [0.25, 0.3) is 0 Å². The Kier molecular flexibility index (Phi) is 6.47. The molecule has 0 fully saturated rings. The number of hydrogen-bond donors (Lipinski definition) is 1. The minimum atomic E-state index is -4.73. The molecule has 4 aromatic rings. The number of rotatable bonds is 7. The number of imidazole rings is 1. The third-order valence-corrected chi connectivity index (χ3v) is 5.61. The Balaban J connectivity index is 1.34. The molecule has 2 aromatic carbocycles. The molecule has 2 aromatic heterocycles. The van der Waals surface area contributed by atoms with Crippen molar-refractivity contribution in [3.8, 4) is 22.9 Å². The number of ether oxygens (including phenoxy) is 3. The molecule has 1 aliphatic rings. The number of benzene rings is 2. The Hall–Kier alpha value is -4.48. The highest BCUT2D eigenvalue weighted by Gasteiger charge is 2.31. The van der Waals surface area contributed by atoms with Crippen molar-refractivity contribution in [1.82, 2.24) is 19.5 Å². The monoisotopic (exact) mass is 512 g/mol. The van der Waals surface area contributed by atoms with E-state index in [9.17, 15) is 13.2 Å². The topological polar surface area (TPSA) is 86.6 Å². The van der Waals surface area contributed by atoms with Crippen LogP contribution < -0.4 is 24.4 Å². The van der Waals surface area contributed by atoms with Gasteiger partial charge in [0, 0.05) is 24.5 Å². The molecule has 5 rings (SSSR count). The van der Waals surface area contributed by atoms with Crippen LogP contribution >= 0.6 is 0 Å². The normalized spacial score (nSPS) is 13.1. The van der Waals surface area contributed by atoms with E-state index >= 15 is 0 Å². The van der Waals surface area contributed by atoms with Crippen molar-refractivity contribution < 1.29 is 27.4 Å². The number of nitrogens with one attached hydrogen (secondary N) is 1. The van der Waals surface area contributed by atoms with E-state index in [1.807, 2.05) is 40.8 Å². The fourth-order valence-electron chi connectivity index (χ4n) is 3.94. The van der Waals surface area contributed by atoms with Crippen molar-refractivity contribution in [3.63, 3.8) is 0 Å². The van der Waals surface area contributed by atoms with Gasteiger partial charge in [-0.25, -0.2) is 9.97 Å². The summed E-state index contributed by atoms with van der Waals surface area (Å²) in [7, 11) is 1.60. The minimum absolute atomic E-state index is 0.267. The molecule has 0 unspecified atom stereocenters. The van der Waals surface area contributed by atoms with Crippen LogP contribution in [0.5, 0.6) is 17.2 Å². The summed E-state index contributed by atoms with van der Waals surface area (Å²) in [6, 6.07) is 11.4. The molecule has 0 bridgehead atoms. The fraction of sp³-hybridized carbons (Fsp3) is 0.240. The second-order valence-corrected chi connectivity index (χ2v) is 8.28. The van der Waals surface area contributed by atoms with Gasteiger partial charge in [0.05, 0.1) is 37.6 Å². The Labute approximate surface area is 210 Å². The minimum Gasteiger partial charge on any atom is -0.494 e. The molecule has 0 saturated carbocycles. The first-order valence-electron chi connectivity index (χ1n) is 11.3. The van der Waals surface area contributed by atoms with Crippen molar-refractivity contribution in [1.29, 1.82) is 0 Å². The van der Waals surface area contributed by atoms with E-state index in [1.54, 1.807) is 31.8 Å². The van der Waals surface area contributed by atoms with Gasteiger partial charge >= 0.3 is 6.36 Å². The van der Waals surface area contributed by atoms with E-state index in [4.69, 9.17) is 9.47 Å². The number of hydrogen-bond acceptors (Lipinski definition) is 8. The molecule has 3 heterocycles. The largest absolute Gasteiger partial charge is 0.573 e. The highest BCUT2D eigenvalue weighted by Crippen LogP contribution is 2.33. The van der Waals surface area contributed by atoms with Crippen LogP contribution in [0.1, 0.15) is 11.3 Å². The van der Waals surface area contributed by atoms with Crippen molar-refractivity contribution in [2.75, 3.05) is 30.5 Å². The second kappa shape index (κ2) is 9.88. The quantitative estimate of drug-likeness (QED) is 0.370. The number of nitrogens with zero attached hydrogens (tertiary/aromatic N) is 5. The van der Waals surface area contributed by atoms with E-state index in [-0.39, 0.29) is 5.75 Å². The number of aromatic nitrogens is 4. The molecule has 0 radical (unpaired) electrons. The van der Waals surface area contributed by atoms with Gasteiger partial charge in [-0.15, -0.1) is 13.2 Å². The molecule has 0 spiro atoms. The number of aryl methyl sites for hydroxylation is 1. The lowest BCUT2D eigenvalue weighted by atomic mass is 10.2. The molecule has 1 N–H and O–H groups in total. The number of alkyl halides is 3. The number of halogens is 3. The summed E-state index contributed by atoms with van der Waals surface area (Å²) in [5, 5.41) is 3.19. The highest BCUT2D eigenvalue weighted by atomic mass is 19.4. The van der Waals surface area contributed by atoms with Gasteiger partial charge in [-0.05, 0) is 36.8 Å². The van der Waals surface area contributed by atoms with E-state index in [2.05, 4.69) is 25.0 Å². The van der Waals surface area contributed by atoms with Gasteiger partial charge in [0.1, 0.15) is 18.1 Å². The predicted octanol–water partition coefficient (Wildman–Crippen LogP) is 5.02. The van der Waals surface area contributed by atoms with Crippen LogP contribution in [0.4, 0.5) is 30.6 Å². The maximum absolute atomic E-state index is 12.4. The molecule has 12 heteroatoms. The third-order valence-electron chi connectivity index (χ3n) is 5.61. The lowest BCUT2D eigenvalue weighted by Gasteiger charge is -2.30. The zero-order valence-electron chi connectivity index (χ0n) is 20.0. The van der Waals surface area contributed by atoms with Gasteiger partial charge in [0.15, 0.2) is 11.6 Å². The number of fused-ring (bicyclic) bond motifs is 1. The van der Waals surface area contributed by atoms with Crippen molar-refractivity contribution in [2.24, 2.45) is 0 Å². The van der Waals surface area contributed by atoms with Crippen LogP contribution in [0.3, 0.4) is 0 Å². The van der Waals surface area contributed by atoms with Crippen LogP contribution in [0.25, 0.3) is 5.69 Å². The molecule has 9 nitrogen and oxygen atoms in total. The maximum Gasteiger partial charge on any atom is 0.573 e. The molecule has 0 saturated heterocycles. The van der Waals surface area contributed by atoms with Crippen molar-refractivity contribution >= 4 is 17.5 Å². The average Bonchev–Trinajstić information content (AvgIpc) is 3.30. The van der Waals surface area contributed by atoms with Crippen LogP contribution in [0.2, 0.25) is 0 Å². The van der Waals surface area contributed by atoms with Gasteiger partial charge in [-0.2, -0.15) is 4.98 Å². The Morgan fingerprint density at radius 3 is 2.62 bits per heavy atom. The van der Waals surface area contributed by atoms with Gasteiger partial charge < -0.3 is 29.0 Å². The highest BCUT2D eigenvalue weighted by molar-refractivity contribution is 5.64. The van der Waals surface area contributed by atoms with Crippen molar-refractivity contribution in [3.05, 3.63) is 72.4 Å². The van der Waals surface area contributed by atoms with E-state index in [0.29, 0.717) is 43.0 Å². The summed E-state index contributed by atoms with van der Waals surface area (Å²) in [5.41, 5.74) is 3.25. The first-order chi connectivity index (χ1) is 17.8. The number of anilines is 3. The van der Waals surface area contributed by atoms with Gasteiger partial charge in [-0.3, -0.25) is 0 Å². The first-order valence-corrected chi connectivity index (χ1v) is 11.3. The molecule has 37 heavy (non-hydrogen) atoms. The third kappa shape index (κ3) is 5.68. The van der Waals surface area contributed by atoms with Crippen LogP contribution in [-0.4, -0.2) is 46.1 Å². The first kappa shape index (κ1) is 24.2. The fourth-order valence-corrected chi connectivity index (χ4v) is 3.94. The van der Waals surface area contributed by atoms with E-state index in [0.717, 1.165) is 22.6 Å². The zero-order valence-corrected chi connectivity index (χ0v) is 20.0. The van der Waals surface area contributed by atoms with Gasteiger partial charge in [-0.1, -0.05) is 12.1 Å². The SMILES string of the molecule is COc1cc(Nc2ncc3c(n2)N(Cc2ccc(OC(F)(F)F)cc2)CCO3)ccc1-n1cnc(C)c1. The van der Waals surface area contributed by atoms with Crippen LogP contribution in [0, 0.1) is 6.92 Å². The van der Waals surface area contributed by atoms with E-state index < -0.39 is 6.36 Å². The second-order valence-electron chi connectivity index (χ2n) is 8.28. The van der Waals surface area contributed by atoms with E-state index in [1.165, 1.54) is 12.1 Å². The summed E-state index contributed by atoms with van der Waals surface area (Å²) in [4.78, 5) is 15.2. The zero-order chi connectivity index (χ0) is 26.0. The summed E-state index contributed by atoms with van der Waals surface area (Å²) in [6.07, 6.45) is 0.492. The molecule has 0 aliphatic carbocycles. The summed E-state index contributed by atoms with van der Waals surface area (Å²) >= 11 is 0. The van der Waals surface area contributed by atoms with Gasteiger partial charge in [0.2, 0.25) is 5.95 Å². The molecule has 0 amide bonds. The molecular formula is C25H23F3N6O3. The average molecular weight is 512 g/mol. The predicted molar refractivity (Wildman–Crippen MR) is 130 cm³/mol. The van der Waals surface area contributed by atoms with Crippen molar-refractivity contribution in [2.45, 2.75) is 19.8 Å². The molecule has 192 valence electrons.